The number of nitrogens with one attached hydrogen (secondary N) is 1. The topological polar surface area (TPSA) is 49.4 Å². The second-order valence-electron chi connectivity index (χ2n) is 9.20. The molecule has 3 aromatic rings. The third-order valence-electron chi connectivity index (χ3n) is 6.19. The number of anilines is 2. The van der Waals surface area contributed by atoms with Gasteiger partial charge in [0.2, 0.25) is 0 Å². The zero-order valence-electron chi connectivity index (χ0n) is 20.1. The fourth-order valence-corrected chi connectivity index (χ4v) is 4.32. The van der Waals surface area contributed by atoms with Gasteiger partial charge >= 0.3 is 0 Å². The van der Waals surface area contributed by atoms with E-state index in [1.807, 2.05) is 82.3 Å². The lowest BCUT2D eigenvalue weighted by Gasteiger charge is -2.17. The molecule has 168 valence electrons. The predicted molar refractivity (Wildman–Crippen MR) is 135 cm³/mol. The molecule has 0 spiro atoms. The van der Waals surface area contributed by atoms with E-state index in [2.05, 4.69) is 25.2 Å². The molecule has 3 aromatic carbocycles. The van der Waals surface area contributed by atoms with Gasteiger partial charge in [-0.1, -0.05) is 67.4 Å². The summed E-state index contributed by atoms with van der Waals surface area (Å²) in [5.41, 5.74) is 8.27. The molecule has 4 rings (SSSR count). The van der Waals surface area contributed by atoms with Crippen molar-refractivity contribution in [3.8, 4) is 0 Å². The normalized spacial score (nSPS) is 14.0. The van der Waals surface area contributed by atoms with E-state index in [0.29, 0.717) is 22.9 Å². The van der Waals surface area contributed by atoms with Crippen molar-refractivity contribution in [2.45, 2.75) is 47.5 Å². The number of rotatable bonds is 5. The van der Waals surface area contributed by atoms with Crippen LogP contribution in [0, 0.1) is 27.7 Å². The first-order valence-corrected chi connectivity index (χ1v) is 11.3. The Morgan fingerprint density at radius 1 is 0.727 bits per heavy atom. The second-order valence-corrected chi connectivity index (χ2v) is 9.20. The van der Waals surface area contributed by atoms with E-state index in [-0.39, 0.29) is 11.8 Å². The predicted octanol–water partition coefficient (Wildman–Crippen LogP) is 6.44. The number of imide groups is 1. The maximum atomic E-state index is 13.7. The maximum Gasteiger partial charge on any atom is 0.282 e. The number of amides is 2. The molecule has 0 unspecified atom stereocenters. The summed E-state index contributed by atoms with van der Waals surface area (Å²) in [7, 11) is 0. The van der Waals surface area contributed by atoms with Crippen molar-refractivity contribution in [3.63, 3.8) is 0 Å². The Bertz CT molecular complexity index is 1280. The smallest absolute Gasteiger partial charge is 0.282 e. The highest BCUT2D eigenvalue weighted by Gasteiger charge is 2.40. The van der Waals surface area contributed by atoms with Crippen molar-refractivity contribution in [1.82, 2.24) is 0 Å². The van der Waals surface area contributed by atoms with E-state index in [1.54, 1.807) is 0 Å². The first-order chi connectivity index (χ1) is 15.7. The van der Waals surface area contributed by atoms with Gasteiger partial charge in [0.1, 0.15) is 5.70 Å². The zero-order valence-corrected chi connectivity index (χ0v) is 20.1. The van der Waals surface area contributed by atoms with Crippen molar-refractivity contribution < 1.29 is 9.59 Å². The molecule has 0 aliphatic carbocycles. The number of nitrogens with zero attached hydrogens (tertiary/aromatic N) is 1. The summed E-state index contributed by atoms with van der Waals surface area (Å²) < 4.78 is 0. The molecule has 1 N–H and O–H groups in total. The molecular formula is C29H30N2O2. The first-order valence-electron chi connectivity index (χ1n) is 11.3. The van der Waals surface area contributed by atoms with Crippen LogP contribution in [0.4, 0.5) is 11.4 Å². The van der Waals surface area contributed by atoms with Gasteiger partial charge in [-0.05, 0) is 74.1 Å². The molecular weight excluding hydrogens is 408 g/mol. The van der Waals surface area contributed by atoms with Crippen LogP contribution in [0.5, 0.6) is 0 Å². The first kappa shape index (κ1) is 22.5. The molecule has 0 bridgehead atoms. The number of aryl methyl sites for hydroxylation is 4. The maximum absolute atomic E-state index is 13.7. The van der Waals surface area contributed by atoms with Crippen molar-refractivity contribution in [3.05, 3.63) is 99.7 Å². The van der Waals surface area contributed by atoms with Gasteiger partial charge in [-0.15, -0.1) is 0 Å². The van der Waals surface area contributed by atoms with Crippen molar-refractivity contribution in [2.24, 2.45) is 0 Å². The van der Waals surface area contributed by atoms with Crippen LogP contribution in [0.25, 0.3) is 5.57 Å². The van der Waals surface area contributed by atoms with E-state index in [0.717, 1.165) is 39.1 Å². The summed E-state index contributed by atoms with van der Waals surface area (Å²) in [6.45, 7) is 12.3. The van der Waals surface area contributed by atoms with Crippen LogP contribution in [0.2, 0.25) is 0 Å². The average Bonchev–Trinajstić information content (AvgIpc) is 3.00. The van der Waals surface area contributed by atoms with Gasteiger partial charge in [-0.2, -0.15) is 0 Å². The lowest BCUT2D eigenvalue weighted by Crippen LogP contribution is -2.32. The highest BCUT2D eigenvalue weighted by Crippen LogP contribution is 2.36. The molecule has 0 fully saturated rings. The zero-order chi connectivity index (χ0) is 23.9. The number of carbonyl (C=O) groups is 2. The average molecular weight is 439 g/mol. The summed E-state index contributed by atoms with van der Waals surface area (Å²) >= 11 is 0. The minimum Gasteiger partial charge on any atom is -0.350 e. The third-order valence-corrected chi connectivity index (χ3v) is 6.19. The number of hydrogen-bond acceptors (Lipinski definition) is 3. The molecule has 4 heteroatoms. The molecule has 33 heavy (non-hydrogen) atoms. The van der Waals surface area contributed by atoms with Gasteiger partial charge in [0.05, 0.1) is 11.3 Å². The molecule has 0 saturated heterocycles. The Morgan fingerprint density at radius 3 is 1.91 bits per heavy atom. The standard InChI is InChI=1S/C29H30N2O2/c1-17(2)22-9-11-23(12-10-22)31-28(32)26(24-13-7-18(3)15-20(24)5)27(29(31)33)30-25-14-8-19(4)16-21(25)6/h7-17,30H,1-6H3. The molecule has 1 aliphatic rings. The van der Waals surface area contributed by atoms with Gasteiger partial charge in [0.25, 0.3) is 11.8 Å². The minimum atomic E-state index is -0.341. The summed E-state index contributed by atoms with van der Waals surface area (Å²) in [5, 5.41) is 3.30. The van der Waals surface area contributed by atoms with Crippen LogP contribution >= 0.6 is 0 Å². The minimum absolute atomic E-state index is 0.309. The van der Waals surface area contributed by atoms with Gasteiger partial charge in [0.15, 0.2) is 0 Å². The SMILES string of the molecule is Cc1ccc(NC2=C(c3ccc(C)cc3C)C(=O)N(c3ccc(C(C)C)cc3)C2=O)c(C)c1. The molecule has 2 amide bonds. The fourth-order valence-electron chi connectivity index (χ4n) is 4.32. The van der Waals surface area contributed by atoms with E-state index in [9.17, 15) is 9.59 Å². The van der Waals surface area contributed by atoms with E-state index < -0.39 is 0 Å². The lowest BCUT2D eigenvalue weighted by atomic mass is 9.97. The molecule has 1 heterocycles. The summed E-state index contributed by atoms with van der Waals surface area (Å²) in [6, 6.07) is 19.6. The Morgan fingerprint density at radius 2 is 1.33 bits per heavy atom. The Labute approximate surface area is 195 Å². The van der Waals surface area contributed by atoms with Crippen LogP contribution in [0.3, 0.4) is 0 Å². The van der Waals surface area contributed by atoms with Gasteiger partial charge < -0.3 is 5.32 Å². The second kappa shape index (κ2) is 8.70. The summed E-state index contributed by atoms with van der Waals surface area (Å²) in [6.07, 6.45) is 0. The molecule has 0 radical (unpaired) electrons. The third kappa shape index (κ3) is 4.21. The van der Waals surface area contributed by atoms with E-state index in [1.165, 1.54) is 4.90 Å². The fraction of sp³-hybridized carbons (Fsp3) is 0.241. The van der Waals surface area contributed by atoms with Crippen LogP contribution in [-0.4, -0.2) is 11.8 Å². The van der Waals surface area contributed by atoms with Crippen LogP contribution in [-0.2, 0) is 9.59 Å². The molecule has 0 atom stereocenters. The van der Waals surface area contributed by atoms with Crippen molar-refractivity contribution in [2.75, 3.05) is 10.2 Å². The van der Waals surface area contributed by atoms with Gasteiger partial charge in [-0.3, -0.25) is 9.59 Å². The highest BCUT2D eigenvalue weighted by molar-refractivity contribution is 6.46. The highest BCUT2D eigenvalue weighted by atomic mass is 16.2. The lowest BCUT2D eigenvalue weighted by molar-refractivity contribution is -0.120. The van der Waals surface area contributed by atoms with Crippen molar-refractivity contribution in [1.29, 1.82) is 0 Å². The molecule has 0 aromatic heterocycles. The van der Waals surface area contributed by atoms with Gasteiger partial charge in [0, 0.05) is 5.69 Å². The van der Waals surface area contributed by atoms with Crippen molar-refractivity contribution >= 4 is 28.8 Å². The van der Waals surface area contributed by atoms with Crippen LogP contribution in [0.1, 0.15) is 53.1 Å². The number of hydrogen-bond donors (Lipinski definition) is 1. The summed E-state index contributed by atoms with van der Waals surface area (Å²) in [5.74, 6) is -0.279. The molecule has 4 nitrogen and oxygen atoms in total. The van der Waals surface area contributed by atoms with Gasteiger partial charge in [-0.25, -0.2) is 4.90 Å². The largest absolute Gasteiger partial charge is 0.350 e. The Hall–Kier alpha value is -3.66. The number of benzene rings is 3. The number of carbonyl (C=O) groups excluding carboxylic acids is 2. The molecule has 0 saturated carbocycles. The quantitative estimate of drug-likeness (QED) is 0.466. The van der Waals surface area contributed by atoms with E-state index >= 15 is 0 Å². The Balaban J connectivity index is 1.83. The van der Waals surface area contributed by atoms with E-state index in [4.69, 9.17) is 0 Å². The summed E-state index contributed by atoms with van der Waals surface area (Å²) in [4.78, 5) is 28.7. The Kier molecular flexibility index (Phi) is 5.94. The van der Waals surface area contributed by atoms with Crippen LogP contribution in [0.15, 0.2) is 66.4 Å². The van der Waals surface area contributed by atoms with Crippen LogP contribution < -0.4 is 10.2 Å². The molecule has 1 aliphatic heterocycles. The monoisotopic (exact) mass is 438 g/mol.